The third-order valence-corrected chi connectivity index (χ3v) is 6.27. The average Bonchev–Trinajstić information content (AvgIpc) is 3.21. The molecular weight excluding hydrogens is 346 g/mol. The maximum absolute atomic E-state index is 12.3. The number of carbonyl (C=O) groups is 2. The van der Waals surface area contributed by atoms with E-state index in [0.717, 1.165) is 35.4 Å². The lowest BCUT2D eigenvalue weighted by molar-refractivity contribution is -0.121. The second-order valence-electron chi connectivity index (χ2n) is 6.92. The number of nitrogens with one attached hydrogen (secondary N) is 1. The van der Waals surface area contributed by atoms with Gasteiger partial charge in [0.25, 0.3) is 5.91 Å². The number of thiazole rings is 1. The Morgan fingerprint density at radius 2 is 2.08 bits per heavy atom. The van der Waals surface area contributed by atoms with Crippen molar-refractivity contribution >= 4 is 23.2 Å². The second-order valence-corrected chi connectivity index (χ2v) is 8.09. The molecule has 0 atom stereocenters. The summed E-state index contributed by atoms with van der Waals surface area (Å²) in [4.78, 5) is 32.3. The van der Waals surface area contributed by atoms with Gasteiger partial charge in [-0.15, -0.1) is 11.3 Å². The fourth-order valence-electron chi connectivity index (χ4n) is 3.64. The summed E-state index contributed by atoms with van der Waals surface area (Å²) >= 11 is 1.80. The number of fused-ring (bicyclic) bond motifs is 2. The van der Waals surface area contributed by atoms with Gasteiger partial charge in [0.2, 0.25) is 5.91 Å². The summed E-state index contributed by atoms with van der Waals surface area (Å²) in [5, 5.41) is 4.09. The van der Waals surface area contributed by atoms with Crippen LogP contribution in [0.15, 0.2) is 24.3 Å². The zero-order valence-electron chi connectivity index (χ0n) is 14.8. The van der Waals surface area contributed by atoms with Crippen molar-refractivity contribution in [3.63, 3.8) is 0 Å². The summed E-state index contributed by atoms with van der Waals surface area (Å²) in [5.74, 6) is 0.0249. The van der Waals surface area contributed by atoms with Crippen LogP contribution in [0.4, 0.5) is 0 Å². The highest BCUT2D eigenvalue weighted by Crippen LogP contribution is 2.26. The molecule has 1 aromatic heterocycles. The normalized spacial score (nSPS) is 15.7. The van der Waals surface area contributed by atoms with Crippen molar-refractivity contribution in [2.24, 2.45) is 0 Å². The number of amides is 2. The average molecular weight is 369 g/mol. The van der Waals surface area contributed by atoms with E-state index < -0.39 is 0 Å². The van der Waals surface area contributed by atoms with E-state index in [1.54, 1.807) is 16.2 Å². The number of hydrogen-bond donors (Lipinski definition) is 1. The van der Waals surface area contributed by atoms with E-state index in [2.05, 4.69) is 5.32 Å². The number of rotatable bonds is 6. The van der Waals surface area contributed by atoms with Crippen LogP contribution in [-0.2, 0) is 30.6 Å². The van der Waals surface area contributed by atoms with Crippen LogP contribution in [0.3, 0.4) is 0 Å². The molecule has 1 N–H and O–H groups in total. The van der Waals surface area contributed by atoms with Gasteiger partial charge in [-0.2, -0.15) is 0 Å². The Bertz CT molecular complexity index is 807. The first-order valence-corrected chi connectivity index (χ1v) is 10.1. The van der Waals surface area contributed by atoms with Gasteiger partial charge in [0.15, 0.2) is 0 Å². The maximum atomic E-state index is 12.3. The highest BCUT2D eigenvalue weighted by molar-refractivity contribution is 7.11. The third kappa shape index (κ3) is 3.65. The molecule has 0 saturated heterocycles. The summed E-state index contributed by atoms with van der Waals surface area (Å²) in [6.07, 6.45) is 5.90. The smallest absolute Gasteiger partial charge is 0.254 e. The first-order valence-electron chi connectivity index (χ1n) is 9.32. The van der Waals surface area contributed by atoms with Crippen LogP contribution in [0.1, 0.15) is 50.8 Å². The van der Waals surface area contributed by atoms with Gasteiger partial charge in [0.1, 0.15) is 0 Å². The first kappa shape index (κ1) is 17.2. The Hall–Kier alpha value is -2.21. The van der Waals surface area contributed by atoms with E-state index in [9.17, 15) is 9.59 Å². The predicted molar refractivity (Wildman–Crippen MR) is 101 cm³/mol. The van der Waals surface area contributed by atoms with E-state index in [0.29, 0.717) is 26.1 Å². The molecule has 0 fully saturated rings. The molecule has 2 heterocycles. The summed E-state index contributed by atoms with van der Waals surface area (Å²) in [6.45, 7) is 1.68. The maximum Gasteiger partial charge on any atom is 0.254 e. The highest BCUT2D eigenvalue weighted by Gasteiger charge is 2.26. The molecule has 5 nitrogen and oxygen atoms in total. The number of carbonyl (C=O) groups excluding carboxylic acids is 2. The molecule has 136 valence electrons. The largest absolute Gasteiger partial charge is 0.356 e. The monoisotopic (exact) mass is 369 g/mol. The minimum atomic E-state index is -0.00456. The van der Waals surface area contributed by atoms with Crippen molar-refractivity contribution in [1.29, 1.82) is 0 Å². The second kappa shape index (κ2) is 7.58. The number of aromatic nitrogens is 1. The van der Waals surface area contributed by atoms with E-state index in [1.165, 1.54) is 23.4 Å². The molecule has 0 bridgehead atoms. The molecule has 1 aliphatic carbocycles. The molecule has 4 rings (SSSR count). The van der Waals surface area contributed by atoms with Crippen molar-refractivity contribution in [2.45, 2.75) is 45.1 Å². The van der Waals surface area contributed by atoms with E-state index in [4.69, 9.17) is 4.98 Å². The zero-order chi connectivity index (χ0) is 17.9. The van der Waals surface area contributed by atoms with Gasteiger partial charge < -0.3 is 10.2 Å². The number of aryl methyl sites for hydroxylation is 2. The van der Waals surface area contributed by atoms with Crippen LogP contribution in [0.2, 0.25) is 0 Å². The van der Waals surface area contributed by atoms with Crippen LogP contribution >= 0.6 is 11.3 Å². The molecule has 1 aromatic carbocycles. The molecule has 2 aliphatic rings. The Morgan fingerprint density at radius 1 is 1.23 bits per heavy atom. The Labute approximate surface area is 157 Å². The van der Waals surface area contributed by atoms with Gasteiger partial charge in [-0.05, 0) is 37.3 Å². The van der Waals surface area contributed by atoms with E-state index in [1.807, 2.05) is 24.3 Å². The van der Waals surface area contributed by atoms with Gasteiger partial charge in [-0.25, -0.2) is 4.98 Å². The summed E-state index contributed by atoms with van der Waals surface area (Å²) in [6, 6.07) is 7.65. The third-order valence-electron chi connectivity index (χ3n) is 5.06. The van der Waals surface area contributed by atoms with Crippen LogP contribution in [0.25, 0.3) is 0 Å². The Kier molecular flexibility index (Phi) is 5.02. The first-order chi connectivity index (χ1) is 12.7. The number of benzene rings is 1. The van der Waals surface area contributed by atoms with Crippen molar-refractivity contribution in [3.8, 4) is 0 Å². The SMILES string of the molecule is O=C(CCN1Cc2ccccc2C1=O)NCCc1nc2c(s1)CCCC2. The van der Waals surface area contributed by atoms with Crippen LogP contribution in [0.5, 0.6) is 0 Å². The molecule has 2 amide bonds. The molecular formula is C20H23N3O2S. The number of hydrogen-bond acceptors (Lipinski definition) is 4. The fourth-order valence-corrected chi connectivity index (χ4v) is 4.80. The van der Waals surface area contributed by atoms with Crippen LogP contribution < -0.4 is 5.32 Å². The minimum Gasteiger partial charge on any atom is -0.356 e. The predicted octanol–water partition coefficient (Wildman–Crippen LogP) is 2.73. The quantitative estimate of drug-likeness (QED) is 0.852. The fraction of sp³-hybridized carbons (Fsp3) is 0.450. The summed E-state index contributed by atoms with van der Waals surface area (Å²) < 4.78 is 0. The number of nitrogens with zero attached hydrogens (tertiary/aromatic N) is 2. The lowest BCUT2D eigenvalue weighted by Crippen LogP contribution is -2.32. The van der Waals surface area contributed by atoms with E-state index >= 15 is 0 Å². The minimum absolute atomic E-state index is 0.00456. The van der Waals surface area contributed by atoms with Crippen molar-refractivity contribution in [2.75, 3.05) is 13.1 Å². The molecule has 2 aromatic rings. The summed E-state index contributed by atoms with van der Waals surface area (Å²) in [7, 11) is 0. The zero-order valence-corrected chi connectivity index (χ0v) is 15.6. The highest BCUT2D eigenvalue weighted by atomic mass is 32.1. The lowest BCUT2D eigenvalue weighted by atomic mass is 10.0. The Morgan fingerprint density at radius 3 is 2.92 bits per heavy atom. The lowest BCUT2D eigenvalue weighted by Gasteiger charge is -2.15. The molecule has 1 aliphatic heterocycles. The molecule has 0 saturated carbocycles. The molecule has 0 spiro atoms. The van der Waals surface area contributed by atoms with E-state index in [-0.39, 0.29) is 11.8 Å². The molecule has 0 radical (unpaired) electrons. The van der Waals surface area contributed by atoms with Crippen molar-refractivity contribution in [3.05, 3.63) is 51.0 Å². The molecule has 0 unspecified atom stereocenters. The van der Waals surface area contributed by atoms with Gasteiger partial charge in [0.05, 0.1) is 10.7 Å². The van der Waals surface area contributed by atoms with Crippen LogP contribution in [-0.4, -0.2) is 34.8 Å². The van der Waals surface area contributed by atoms with Gasteiger partial charge >= 0.3 is 0 Å². The van der Waals surface area contributed by atoms with Gasteiger partial charge in [-0.1, -0.05) is 18.2 Å². The molecule has 6 heteroatoms. The Balaban J connectivity index is 1.20. The van der Waals surface area contributed by atoms with Gasteiger partial charge in [-0.3, -0.25) is 9.59 Å². The van der Waals surface area contributed by atoms with Crippen molar-refractivity contribution in [1.82, 2.24) is 15.2 Å². The topological polar surface area (TPSA) is 62.3 Å². The molecule has 26 heavy (non-hydrogen) atoms. The van der Waals surface area contributed by atoms with Crippen molar-refractivity contribution < 1.29 is 9.59 Å². The van der Waals surface area contributed by atoms with Gasteiger partial charge in [0, 0.05) is 42.9 Å². The summed E-state index contributed by atoms with van der Waals surface area (Å²) in [5.41, 5.74) is 3.08. The van der Waals surface area contributed by atoms with Crippen LogP contribution in [0, 0.1) is 0 Å². The standard InChI is InChI=1S/C20H23N3O2S/c24-18(10-12-23-13-14-5-1-2-6-15(14)20(23)25)21-11-9-19-22-16-7-3-4-8-17(16)26-19/h1-2,5-6H,3-4,7-13H2,(H,21,24).